The lowest BCUT2D eigenvalue weighted by molar-refractivity contribution is -0.121. The highest BCUT2D eigenvalue weighted by Gasteiger charge is 2.48. The Balaban J connectivity index is 1.50. The fourth-order valence-corrected chi connectivity index (χ4v) is 6.04. The smallest absolute Gasteiger partial charge is 0.255 e. The molecule has 4 aliphatic rings. The molecule has 0 aromatic heterocycles. The van der Waals surface area contributed by atoms with Crippen molar-refractivity contribution in [3.8, 4) is 0 Å². The molecule has 0 radical (unpaired) electrons. The summed E-state index contributed by atoms with van der Waals surface area (Å²) >= 11 is 12.3. The molecule has 5 nitrogen and oxygen atoms in total. The molecular weight excluding hydrogens is 481 g/mol. The SMILES string of the molecule is CN1CC2=C(OC3=C(C(=O)NC4(CCCC4)N3)C2c2ccc(Cl)cc2)/C(=C\c2ccc(Cl)cc2)C1. The number of ether oxygens (including phenoxy) is 1. The van der Waals surface area contributed by atoms with Crippen molar-refractivity contribution in [3.05, 3.63) is 98.1 Å². The van der Waals surface area contributed by atoms with Crippen molar-refractivity contribution in [2.24, 2.45) is 0 Å². The minimum Gasteiger partial charge on any atom is -0.440 e. The van der Waals surface area contributed by atoms with Crippen LogP contribution >= 0.6 is 23.2 Å². The highest BCUT2D eigenvalue weighted by molar-refractivity contribution is 6.30. The molecule has 1 amide bonds. The third-order valence-corrected chi connectivity index (χ3v) is 7.88. The number of amides is 1. The maximum absolute atomic E-state index is 13.6. The van der Waals surface area contributed by atoms with E-state index in [4.69, 9.17) is 27.9 Å². The molecule has 1 aliphatic carbocycles. The second kappa shape index (κ2) is 8.74. The third kappa shape index (κ3) is 4.16. The van der Waals surface area contributed by atoms with Gasteiger partial charge in [0.25, 0.3) is 5.91 Å². The van der Waals surface area contributed by atoms with Crippen LogP contribution in [0.25, 0.3) is 6.08 Å². The highest BCUT2D eigenvalue weighted by Crippen LogP contribution is 2.47. The Labute approximate surface area is 215 Å². The molecule has 1 spiro atoms. The molecule has 35 heavy (non-hydrogen) atoms. The van der Waals surface area contributed by atoms with E-state index < -0.39 is 5.66 Å². The van der Waals surface area contributed by atoms with Crippen LogP contribution in [0.15, 0.2) is 76.9 Å². The van der Waals surface area contributed by atoms with E-state index in [1.165, 1.54) is 0 Å². The maximum Gasteiger partial charge on any atom is 0.255 e. The highest BCUT2D eigenvalue weighted by atomic mass is 35.5. The molecule has 2 N–H and O–H groups in total. The number of nitrogens with zero attached hydrogens (tertiary/aromatic N) is 1. The van der Waals surface area contributed by atoms with Gasteiger partial charge in [-0.1, -0.05) is 47.5 Å². The summed E-state index contributed by atoms with van der Waals surface area (Å²) in [5.41, 5.74) is 4.46. The van der Waals surface area contributed by atoms with Gasteiger partial charge in [0, 0.05) is 34.6 Å². The monoisotopic (exact) mass is 507 g/mol. The normalized spacial score (nSPS) is 24.7. The van der Waals surface area contributed by atoms with E-state index in [9.17, 15) is 4.79 Å². The van der Waals surface area contributed by atoms with Gasteiger partial charge >= 0.3 is 0 Å². The van der Waals surface area contributed by atoms with Crippen LogP contribution in [-0.4, -0.2) is 36.6 Å². The Bertz CT molecular complexity index is 1270. The Morgan fingerprint density at radius 2 is 1.63 bits per heavy atom. The van der Waals surface area contributed by atoms with Gasteiger partial charge in [0.05, 0.1) is 5.57 Å². The number of benzene rings is 2. The van der Waals surface area contributed by atoms with Gasteiger partial charge in [0.2, 0.25) is 5.88 Å². The minimum atomic E-state index is -0.427. The summed E-state index contributed by atoms with van der Waals surface area (Å²) in [6.07, 6.45) is 6.10. The van der Waals surface area contributed by atoms with E-state index in [-0.39, 0.29) is 11.8 Å². The molecule has 2 aromatic rings. The van der Waals surface area contributed by atoms with Gasteiger partial charge in [0.1, 0.15) is 11.4 Å². The molecule has 180 valence electrons. The summed E-state index contributed by atoms with van der Waals surface area (Å²) in [4.78, 5) is 15.9. The molecule has 1 saturated carbocycles. The zero-order chi connectivity index (χ0) is 24.2. The van der Waals surface area contributed by atoms with Gasteiger partial charge in [-0.25, -0.2) is 0 Å². The van der Waals surface area contributed by atoms with Gasteiger partial charge in [-0.05, 0) is 79.8 Å². The molecule has 2 aromatic carbocycles. The first kappa shape index (κ1) is 22.7. The average molecular weight is 508 g/mol. The lowest BCUT2D eigenvalue weighted by Crippen LogP contribution is -2.62. The second-order valence-corrected chi connectivity index (χ2v) is 10.8. The Morgan fingerprint density at radius 1 is 0.971 bits per heavy atom. The summed E-state index contributed by atoms with van der Waals surface area (Å²) < 4.78 is 6.62. The molecule has 3 aliphatic heterocycles. The van der Waals surface area contributed by atoms with E-state index in [2.05, 4.69) is 28.7 Å². The van der Waals surface area contributed by atoms with Crippen LogP contribution in [0, 0.1) is 0 Å². The molecule has 1 unspecified atom stereocenters. The van der Waals surface area contributed by atoms with Gasteiger partial charge in [-0.3, -0.25) is 9.69 Å². The number of hydrogen-bond donors (Lipinski definition) is 2. The number of rotatable bonds is 2. The molecule has 3 heterocycles. The summed E-state index contributed by atoms with van der Waals surface area (Å²) in [6, 6.07) is 15.6. The standard InChI is InChI=1S/C28H27Cl2N3O2/c1-33-15-19(14-17-4-8-20(29)9-5-17)25-22(16-33)23(18-6-10-21(30)11-7-18)24-26(34)31-28(12-2-3-13-28)32-27(24)35-25/h4-11,14,23,32H,2-3,12-13,15-16H2,1H3,(H,31,34)/b19-14-. The van der Waals surface area contributed by atoms with Crippen LogP contribution in [-0.2, 0) is 9.53 Å². The summed E-state index contributed by atoms with van der Waals surface area (Å²) in [7, 11) is 2.09. The number of carbonyl (C=O) groups excluding carboxylic acids is 1. The summed E-state index contributed by atoms with van der Waals surface area (Å²) in [5, 5.41) is 8.28. The lowest BCUT2D eigenvalue weighted by Gasteiger charge is -2.45. The Kier molecular flexibility index (Phi) is 5.67. The van der Waals surface area contributed by atoms with Crippen LogP contribution in [0.1, 0.15) is 42.7 Å². The molecule has 0 saturated heterocycles. The maximum atomic E-state index is 13.6. The average Bonchev–Trinajstić information content (AvgIpc) is 3.27. The first-order chi connectivity index (χ1) is 16.9. The van der Waals surface area contributed by atoms with Crippen LogP contribution in [0.4, 0.5) is 0 Å². The van der Waals surface area contributed by atoms with Gasteiger partial charge in [-0.2, -0.15) is 0 Å². The topological polar surface area (TPSA) is 53.6 Å². The first-order valence-electron chi connectivity index (χ1n) is 12.1. The molecular formula is C28H27Cl2N3O2. The van der Waals surface area contributed by atoms with Crippen molar-refractivity contribution in [1.29, 1.82) is 0 Å². The van der Waals surface area contributed by atoms with E-state index in [1.807, 2.05) is 48.5 Å². The van der Waals surface area contributed by atoms with Crippen molar-refractivity contribution in [2.75, 3.05) is 20.1 Å². The van der Waals surface area contributed by atoms with Crippen LogP contribution < -0.4 is 10.6 Å². The molecule has 1 fully saturated rings. The van der Waals surface area contributed by atoms with Crippen LogP contribution in [0.5, 0.6) is 0 Å². The third-order valence-electron chi connectivity index (χ3n) is 7.37. The van der Waals surface area contributed by atoms with Crippen molar-refractivity contribution in [1.82, 2.24) is 15.5 Å². The van der Waals surface area contributed by atoms with E-state index in [0.29, 0.717) is 28.0 Å². The largest absolute Gasteiger partial charge is 0.440 e. The number of likely N-dealkylation sites (N-methyl/N-ethyl adjacent to an activating group) is 1. The van der Waals surface area contributed by atoms with Crippen molar-refractivity contribution in [2.45, 2.75) is 37.3 Å². The van der Waals surface area contributed by atoms with Gasteiger partial charge in [-0.15, -0.1) is 0 Å². The quantitative estimate of drug-likeness (QED) is 0.556. The van der Waals surface area contributed by atoms with Crippen LogP contribution in [0.2, 0.25) is 10.0 Å². The number of nitrogens with one attached hydrogen (secondary N) is 2. The lowest BCUT2D eigenvalue weighted by atomic mass is 9.78. The molecule has 6 rings (SSSR count). The Hall–Kier alpha value is -2.73. The zero-order valence-corrected chi connectivity index (χ0v) is 21.0. The van der Waals surface area contributed by atoms with Crippen molar-refractivity contribution >= 4 is 35.2 Å². The molecule has 1 atom stereocenters. The van der Waals surface area contributed by atoms with Gasteiger partial charge in [0.15, 0.2) is 0 Å². The first-order valence-corrected chi connectivity index (χ1v) is 12.8. The fourth-order valence-electron chi connectivity index (χ4n) is 5.79. The van der Waals surface area contributed by atoms with Crippen molar-refractivity contribution in [3.63, 3.8) is 0 Å². The fraction of sp³-hybridized carbons (Fsp3) is 0.321. The summed E-state index contributed by atoms with van der Waals surface area (Å²) in [5.74, 6) is 1.16. The second-order valence-electron chi connectivity index (χ2n) is 9.95. The van der Waals surface area contributed by atoms with E-state index in [0.717, 1.165) is 60.3 Å². The van der Waals surface area contributed by atoms with Crippen molar-refractivity contribution < 1.29 is 9.53 Å². The Morgan fingerprint density at radius 3 is 2.31 bits per heavy atom. The summed E-state index contributed by atoms with van der Waals surface area (Å²) in [6.45, 7) is 1.45. The van der Waals surface area contributed by atoms with Crippen LogP contribution in [0.3, 0.4) is 0 Å². The number of halogens is 2. The predicted octanol–water partition coefficient (Wildman–Crippen LogP) is 5.59. The predicted molar refractivity (Wildman–Crippen MR) is 139 cm³/mol. The number of carbonyl (C=O) groups is 1. The van der Waals surface area contributed by atoms with E-state index >= 15 is 0 Å². The number of hydrogen-bond acceptors (Lipinski definition) is 4. The van der Waals surface area contributed by atoms with E-state index in [1.54, 1.807) is 0 Å². The zero-order valence-electron chi connectivity index (χ0n) is 19.5. The minimum absolute atomic E-state index is 0.0522. The molecule has 0 bridgehead atoms. The molecule has 7 heteroatoms. The van der Waals surface area contributed by atoms with Gasteiger partial charge < -0.3 is 15.4 Å².